The Balaban J connectivity index is 1.99. The lowest BCUT2D eigenvalue weighted by molar-refractivity contribution is -0.348. The normalized spacial score (nSPS) is 13.1. The summed E-state index contributed by atoms with van der Waals surface area (Å²) in [6, 6.07) is 11.9. The van der Waals surface area contributed by atoms with Crippen LogP contribution in [0.15, 0.2) is 71.6 Å². The largest absolute Gasteiger partial charge is 0.435 e. The zero-order chi connectivity index (χ0) is 29.3. The lowest BCUT2D eigenvalue weighted by Gasteiger charge is -2.30. The van der Waals surface area contributed by atoms with Gasteiger partial charge in [-0.15, -0.1) is 0 Å². The van der Waals surface area contributed by atoms with Gasteiger partial charge in [0.1, 0.15) is 0 Å². The fraction of sp³-hybridized carbons (Fsp3) is 0.200. The average Bonchev–Trinajstić information content (AvgIpc) is 2.86. The molecule has 3 aromatic rings. The number of halogens is 8. The molecule has 1 unspecified atom stereocenters. The highest BCUT2D eigenvalue weighted by Gasteiger charge is 2.73. The molecule has 3 rings (SSSR count). The first kappa shape index (κ1) is 29.7. The third-order valence-electron chi connectivity index (χ3n) is 5.63. The van der Waals surface area contributed by atoms with Gasteiger partial charge in [0.25, 0.3) is 11.8 Å². The topological polar surface area (TPSA) is 66.5 Å². The van der Waals surface area contributed by atoms with Crippen molar-refractivity contribution in [3.05, 3.63) is 89.2 Å². The van der Waals surface area contributed by atoms with Crippen LogP contribution in [-0.4, -0.2) is 41.7 Å². The molecule has 1 atom stereocenters. The highest BCUT2D eigenvalue weighted by atomic mass is 32.2. The van der Waals surface area contributed by atoms with E-state index in [1.165, 1.54) is 31.3 Å². The summed E-state index contributed by atoms with van der Waals surface area (Å²) in [6.45, 7) is 0. The van der Waals surface area contributed by atoms with E-state index in [0.717, 1.165) is 17.2 Å². The number of hydrogen-bond acceptors (Lipinski definition) is 3. The molecule has 0 heterocycles. The molecule has 208 valence electrons. The first-order valence-corrected chi connectivity index (χ1v) is 12.3. The molecular formula is C25H18F8N2O3S. The number of rotatable bonds is 6. The standard InChI is InChI=1S/C25H18F8N2O3S/c1-35(22(37)14-7-4-3-5-8-14)18-10-6-9-16(20(18)26)21(36)34-17-12-11-15(13-19(17)39(2)38)23(27,24(28,29)30)25(31,32)33/h3-13H,1-2H3,(H,34,36). The Morgan fingerprint density at radius 1 is 0.846 bits per heavy atom. The van der Waals surface area contributed by atoms with Crippen LogP contribution >= 0.6 is 0 Å². The predicted octanol–water partition coefficient (Wildman–Crippen LogP) is 6.38. The van der Waals surface area contributed by atoms with Crippen molar-refractivity contribution in [3.63, 3.8) is 0 Å². The molecule has 0 spiro atoms. The predicted molar refractivity (Wildman–Crippen MR) is 127 cm³/mol. The minimum absolute atomic E-state index is 0.0752. The zero-order valence-corrected chi connectivity index (χ0v) is 20.8. The minimum atomic E-state index is -6.41. The molecule has 0 aliphatic heterocycles. The van der Waals surface area contributed by atoms with Crippen molar-refractivity contribution in [2.24, 2.45) is 0 Å². The van der Waals surface area contributed by atoms with Gasteiger partial charge in [-0.05, 0) is 36.4 Å². The molecule has 0 bridgehead atoms. The Kier molecular flexibility index (Phi) is 8.20. The number of nitrogens with zero attached hydrogens (tertiary/aromatic N) is 1. The summed E-state index contributed by atoms with van der Waals surface area (Å²) in [6.07, 6.45) is -11.9. The zero-order valence-electron chi connectivity index (χ0n) is 20.0. The molecule has 0 aromatic heterocycles. The maximum absolute atomic E-state index is 15.3. The van der Waals surface area contributed by atoms with Gasteiger partial charge in [0.2, 0.25) is 0 Å². The molecular weight excluding hydrogens is 560 g/mol. The van der Waals surface area contributed by atoms with E-state index in [-0.39, 0.29) is 23.4 Å². The maximum Gasteiger partial charge on any atom is 0.435 e. The maximum atomic E-state index is 15.3. The molecule has 0 aliphatic rings. The molecule has 0 fully saturated rings. The molecule has 39 heavy (non-hydrogen) atoms. The molecule has 1 N–H and O–H groups in total. The number of nitrogens with one attached hydrogen (secondary N) is 1. The van der Waals surface area contributed by atoms with Crippen LogP contribution in [0.1, 0.15) is 26.3 Å². The number of carbonyl (C=O) groups is 2. The Hall–Kier alpha value is -3.81. The SMILES string of the molecule is CN(C(=O)c1ccccc1)c1cccc(C(=O)Nc2ccc(C(F)(C(F)(F)F)C(F)(F)F)cc2S(C)=O)c1F. The second-order valence-electron chi connectivity index (χ2n) is 8.14. The van der Waals surface area contributed by atoms with Crippen LogP contribution in [0.3, 0.4) is 0 Å². The van der Waals surface area contributed by atoms with Gasteiger partial charge in [0.15, 0.2) is 5.82 Å². The van der Waals surface area contributed by atoms with E-state index in [2.05, 4.69) is 5.32 Å². The third kappa shape index (κ3) is 5.65. The number of carbonyl (C=O) groups excluding carboxylic acids is 2. The summed E-state index contributed by atoms with van der Waals surface area (Å²) in [5.41, 5.74) is -8.99. The second kappa shape index (κ2) is 10.8. The van der Waals surface area contributed by atoms with Gasteiger partial charge in [-0.2, -0.15) is 26.3 Å². The van der Waals surface area contributed by atoms with E-state index < -0.39 is 68.2 Å². The smallest absolute Gasteiger partial charge is 0.321 e. The number of alkyl halides is 7. The summed E-state index contributed by atoms with van der Waals surface area (Å²) < 4.78 is 121. The Morgan fingerprint density at radius 2 is 1.44 bits per heavy atom. The quantitative estimate of drug-likeness (QED) is 0.345. The van der Waals surface area contributed by atoms with E-state index >= 15 is 4.39 Å². The van der Waals surface area contributed by atoms with E-state index in [4.69, 9.17) is 0 Å². The number of hydrogen-bond donors (Lipinski definition) is 1. The molecule has 3 aromatic carbocycles. The van der Waals surface area contributed by atoms with Crippen LogP contribution in [-0.2, 0) is 16.5 Å². The van der Waals surface area contributed by atoms with Crippen molar-refractivity contribution in [3.8, 4) is 0 Å². The van der Waals surface area contributed by atoms with Gasteiger partial charge in [-0.3, -0.25) is 13.8 Å². The van der Waals surface area contributed by atoms with Gasteiger partial charge in [0.05, 0.1) is 32.6 Å². The van der Waals surface area contributed by atoms with Gasteiger partial charge < -0.3 is 10.2 Å². The molecule has 0 saturated heterocycles. The Morgan fingerprint density at radius 3 is 1.97 bits per heavy atom. The third-order valence-corrected chi connectivity index (χ3v) is 6.59. The van der Waals surface area contributed by atoms with Crippen molar-refractivity contribution >= 4 is 34.0 Å². The fourth-order valence-corrected chi connectivity index (χ4v) is 4.32. The van der Waals surface area contributed by atoms with Gasteiger partial charge in [-0.1, -0.05) is 30.3 Å². The van der Waals surface area contributed by atoms with Crippen molar-refractivity contribution in [2.45, 2.75) is 22.9 Å². The second-order valence-corrected chi connectivity index (χ2v) is 9.49. The summed E-state index contributed by atoms with van der Waals surface area (Å²) in [4.78, 5) is 25.7. The first-order valence-electron chi connectivity index (χ1n) is 10.7. The highest BCUT2D eigenvalue weighted by Crippen LogP contribution is 2.53. The van der Waals surface area contributed by atoms with Crippen LogP contribution in [0.5, 0.6) is 0 Å². The number of anilines is 2. The number of amides is 2. The van der Waals surface area contributed by atoms with Gasteiger partial charge >= 0.3 is 18.0 Å². The van der Waals surface area contributed by atoms with E-state index in [1.807, 2.05) is 0 Å². The Bertz CT molecular complexity index is 1410. The van der Waals surface area contributed by atoms with E-state index in [0.29, 0.717) is 6.07 Å². The molecule has 0 radical (unpaired) electrons. The van der Waals surface area contributed by atoms with Crippen LogP contribution in [0, 0.1) is 5.82 Å². The summed E-state index contributed by atoms with van der Waals surface area (Å²) >= 11 is 0. The van der Waals surface area contributed by atoms with Crippen LogP contribution < -0.4 is 10.2 Å². The van der Waals surface area contributed by atoms with Crippen molar-refractivity contribution in [2.75, 3.05) is 23.5 Å². The monoisotopic (exact) mass is 578 g/mol. The van der Waals surface area contributed by atoms with Crippen molar-refractivity contribution in [1.82, 2.24) is 0 Å². The van der Waals surface area contributed by atoms with E-state index in [9.17, 15) is 44.5 Å². The summed E-state index contributed by atoms with van der Waals surface area (Å²) in [7, 11) is -1.07. The average molecular weight is 578 g/mol. The van der Waals surface area contributed by atoms with Crippen LogP contribution in [0.4, 0.5) is 46.5 Å². The molecule has 0 saturated carbocycles. The lowest BCUT2D eigenvalue weighted by atomic mass is 9.94. The minimum Gasteiger partial charge on any atom is -0.321 e. The summed E-state index contributed by atoms with van der Waals surface area (Å²) in [5, 5.41) is 2.07. The van der Waals surface area contributed by atoms with Crippen molar-refractivity contribution in [1.29, 1.82) is 0 Å². The summed E-state index contributed by atoms with van der Waals surface area (Å²) in [5.74, 6) is -3.02. The van der Waals surface area contributed by atoms with Crippen LogP contribution in [0.2, 0.25) is 0 Å². The Labute approximate surface area is 218 Å². The fourth-order valence-electron chi connectivity index (χ4n) is 3.59. The van der Waals surface area contributed by atoms with Crippen LogP contribution in [0.25, 0.3) is 0 Å². The lowest BCUT2D eigenvalue weighted by Crippen LogP contribution is -2.50. The number of benzene rings is 3. The van der Waals surface area contributed by atoms with Gasteiger partial charge in [0, 0.05) is 24.4 Å². The highest BCUT2D eigenvalue weighted by molar-refractivity contribution is 7.84. The molecule has 5 nitrogen and oxygen atoms in total. The molecule has 14 heteroatoms. The van der Waals surface area contributed by atoms with Crippen molar-refractivity contribution < 1.29 is 48.9 Å². The first-order chi connectivity index (χ1) is 18.0. The molecule has 2 amide bonds. The van der Waals surface area contributed by atoms with E-state index in [1.54, 1.807) is 18.2 Å². The molecule has 0 aliphatic carbocycles. The van der Waals surface area contributed by atoms with Gasteiger partial charge in [-0.25, -0.2) is 8.78 Å².